The van der Waals surface area contributed by atoms with Crippen molar-refractivity contribution >= 4 is 0 Å². The van der Waals surface area contributed by atoms with Gasteiger partial charge in [-0.25, -0.2) is 0 Å². The number of hydrazine groups is 2. The molecule has 0 aromatic heterocycles. The summed E-state index contributed by atoms with van der Waals surface area (Å²) in [6.07, 6.45) is 3.01. The molecule has 4 nitrogen and oxygen atoms in total. The molecule has 0 aromatic rings. The van der Waals surface area contributed by atoms with Crippen molar-refractivity contribution in [3.8, 4) is 0 Å². The van der Waals surface area contributed by atoms with E-state index in [4.69, 9.17) is 5.21 Å². The number of hydrogen-bond donors (Lipinski definition) is 3. The van der Waals surface area contributed by atoms with Gasteiger partial charge in [-0.1, -0.05) is 0 Å². The van der Waals surface area contributed by atoms with Crippen LogP contribution in [-0.4, -0.2) is 10.4 Å². The van der Waals surface area contributed by atoms with Crippen LogP contribution in [0.3, 0.4) is 0 Å². The summed E-state index contributed by atoms with van der Waals surface area (Å²) in [6.45, 7) is 0. The lowest BCUT2D eigenvalue weighted by Crippen LogP contribution is -2.32. The molecule has 0 aromatic carbocycles. The molecule has 0 fully saturated rings. The zero-order valence-corrected chi connectivity index (χ0v) is 3.05. The summed E-state index contributed by atoms with van der Waals surface area (Å²) in [5.74, 6) is 0. The first-order chi connectivity index (χ1) is 2.89. The SMILES string of the molecule is ON1C=CNN1. The molecule has 0 unspecified atom stereocenters. The van der Waals surface area contributed by atoms with E-state index in [-0.39, 0.29) is 0 Å². The van der Waals surface area contributed by atoms with E-state index >= 15 is 0 Å². The van der Waals surface area contributed by atoms with Crippen LogP contribution in [0.25, 0.3) is 0 Å². The van der Waals surface area contributed by atoms with Crippen LogP contribution >= 0.6 is 0 Å². The minimum Gasteiger partial charge on any atom is -0.308 e. The van der Waals surface area contributed by atoms with Crippen LogP contribution in [0.5, 0.6) is 0 Å². The van der Waals surface area contributed by atoms with Crippen LogP contribution in [-0.2, 0) is 0 Å². The van der Waals surface area contributed by atoms with Crippen LogP contribution in [0.2, 0.25) is 0 Å². The predicted octanol–water partition coefficient (Wildman–Crippen LogP) is -0.828. The summed E-state index contributed by atoms with van der Waals surface area (Å²) in [5, 5.41) is 9.12. The molecule has 0 atom stereocenters. The number of rotatable bonds is 0. The van der Waals surface area contributed by atoms with E-state index in [0.717, 1.165) is 5.17 Å². The third-order valence-electron chi connectivity index (χ3n) is 0.478. The van der Waals surface area contributed by atoms with Gasteiger partial charge in [-0.15, -0.1) is 5.53 Å². The first kappa shape index (κ1) is 3.45. The molecule has 0 saturated carbocycles. The highest BCUT2D eigenvalue weighted by Gasteiger charge is 1.91. The van der Waals surface area contributed by atoms with Gasteiger partial charge in [-0.3, -0.25) is 5.21 Å². The summed E-state index contributed by atoms with van der Waals surface area (Å²) in [5.41, 5.74) is 4.86. The van der Waals surface area contributed by atoms with Crippen LogP contribution < -0.4 is 11.0 Å². The second-order valence-electron chi connectivity index (χ2n) is 0.916. The topological polar surface area (TPSA) is 47.5 Å². The second kappa shape index (κ2) is 1.16. The maximum absolute atomic E-state index is 8.30. The van der Waals surface area contributed by atoms with Crippen LogP contribution in [0, 0.1) is 0 Å². The third-order valence-corrected chi connectivity index (χ3v) is 0.478. The van der Waals surface area contributed by atoms with Crippen molar-refractivity contribution in [1.29, 1.82) is 0 Å². The van der Waals surface area contributed by atoms with Crippen LogP contribution in [0.1, 0.15) is 0 Å². The molecular formula is C2H5N3O. The lowest BCUT2D eigenvalue weighted by Gasteiger charge is -2.01. The summed E-state index contributed by atoms with van der Waals surface area (Å²) >= 11 is 0. The molecule has 0 saturated heterocycles. The lowest BCUT2D eigenvalue weighted by atomic mass is 11.0. The molecule has 0 radical (unpaired) electrons. The molecule has 0 spiro atoms. The van der Waals surface area contributed by atoms with Gasteiger partial charge in [0.2, 0.25) is 0 Å². The molecule has 1 heterocycles. The van der Waals surface area contributed by atoms with Gasteiger partial charge in [0.25, 0.3) is 0 Å². The molecule has 3 N–H and O–H groups in total. The predicted molar refractivity (Wildman–Crippen MR) is 19.0 cm³/mol. The van der Waals surface area contributed by atoms with Crippen molar-refractivity contribution in [3.05, 3.63) is 12.4 Å². The van der Waals surface area contributed by atoms with Crippen LogP contribution in [0.4, 0.5) is 0 Å². The molecule has 34 valence electrons. The van der Waals surface area contributed by atoms with Gasteiger partial charge < -0.3 is 5.43 Å². The third kappa shape index (κ3) is 0.425. The van der Waals surface area contributed by atoms with E-state index in [2.05, 4.69) is 11.0 Å². The standard InChI is InChI=1S/C2H5N3O/c6-5-2-1-3-4-5/h1-4,6H. The maximum Gasteiger partial charge on any atom is 0.0650 e. The molecule has 1 rings (SSSR count). The van der Waals surface area contributed by atoms with Crippen molar-refractivity contribution in [2.45, 2.75) is 0 Å². The van der Waals surface area contributed by atoms with E-state index in [1.165, 1.54) is 6.20 Å². The average Bonchev–Trinajstić information content (AvgIpc) is 1.86. The van der Waals surface area contributed by atoms with E-state index in [1.54, 1.807) is 6.20 Å². The smallest absolute Gasteiger partial charge is 0.0650 e. The van der Waals surface area contributed by atoms with Gasteiger partial charge in [0.05, 0.1) is 6.20 Å². The van der Waals surface area contributed by atoms with Gasteiger partial charge in [-0.05, 0) is 0 Å². The number of nitrogens with one attached hydrogen (secondary N) is 2. The highest BCUT2D eigenvalue weighted by atomic mass is 16.5. The number of nitrogens with zero attached hydrogens (tertiary/aromatic N) is 1. The molecular weight excluding hydrogens is 82.0 g/mol. The molecule has 0 amide bonds. The minimum atomic E-state index is 0.819. The Balaban J connectivity index is 2.38. The Kier molecular flexibility index (Phi) is 0.664. The van der Waals surface area contributed by atoms with Crippen molar-refractivity contribution in [2.24, 2.45) is 0 Å². The van der Waals surface area contributed by atoms with E-state index in [1.807, 2.05) is 0 Å². The van der Waals surface area contributed by atoms with Crippen molar-refractivity contribution < 1.29 is 5.21 Å². The highest BCUT2D eigenvalue weighted by molar-refractivity contribution is 4.76. The summed E-state index contributed by atoms with van der Waals surface area (Å²) in [6, 6.07) is 0. The largest absolute Gasteiger partial charge is 0.308 e. The van der Waals surface area contributed by atoms with Gasteiger partial charge >= 0.3 is 0 Å². The van der Waals surface area contributed by atoms with Crippen molar-refractivity contribution in [3.63, 3.8) is 0 Å². The Bertz CT molecular complexity index is 71.2. The average molecular weight is 87.1 g/mol. The Morgan fingerprint density at radius 3 is 2.67 bits per heavy atom. The van der Waals surface area contributed by atoms with Gasteiger partial charge in [0.15, 0.2) is 0 Å². The van der Waals surface area contributed by atoms with Gasteiger partial charge in [0.1, 0.15) is 0 Å². The first-order valence-electron chi connectivity index (χ1n) is 1.55. The van der Waals surface area contributed by atoms with Crippen molar-refractivity contribution in [2.75, 3.05) is 0 Å². The number of hydrogen-bond acceptors (Lipinski definition) is 4. The fourth-order valence-electron chi connectivity index (χ4n) is 0.249. The molecule has 0 aliphatic carbocycles. The molecule has 6 heavy (non-hydrogen) atoms. The molecule has 1 aliphatic heterocycles. The Hall–Kier alpha value is -0.740. The second-order valence-corrected chi connectivity index (χ2v) is 0.916. The van der Waals surface area contributed by atoms with E-state index < -0.39 is 0 Å². The maximum atomic E-state index is 8.30. The molecule has 4 heteroatoms. The first-order valence-corrected chi connectivity index (χ1v) is 1.55. The monoisotopic (exact) mass is 87.0 g/mol. The zero-order chi connectivity index (χ0) is 4.41. The number of hydroxylamine groups is 1. The Morgan fingerprint density at radius 1 is 1.67 bits per heavy atom. The lowest BCUT2D eigenvalue weighted by molar-refractivity contribution is -0.0865. The van der Waals surface area contributed by atoms with E-state index in [9.17, 15) is 0 Å². The zero-order valence-electron chi connectivity index (χ0n) is 3.05. The highest BCUT2D eigenvalue weighted by Crippen LogP contribution is 1.77. The normalized spacial score (nSPS) is 18.5. The molecule has 0 bridgehead atoms. The summed E-state index contributed by atoms with van der Waals surface area (Å²) < 4.78 is 0. The molecule has 1 aliphatic rings. The Morgan fingerprint density at radius 2 is 2.50 bits per heavy atom. The fraction of sp³-hybridized carbons (Fsp3) is 0. The van der Waals surface area contributed by atoms with Gasteiger partial charge in [0, 0.05) is 6.20 Å². The fourth-order valence-corrected chi connectivity index (χ4v) is 0.249. The van der Waals surface area contributed by atoms with Crippen LogP contribution in [0.15, 0.2) is 12.4 Å². The minimum absolute atomic E-state index is 0.819. The van der Waals surface area contributed by atoms with Gasteiger partial charge in [-0.2, -0.15) is 5.17 Å². The summed E-state index contributed by atoms with van der Waals surface area (Å²) in [4.78, 5) is 0. The van der Waals surface area contributed by atoms with Crippen molar-refractivity contribution in [1.82, 2.24) is 16.1 Å². The Labute approximate surface area is 35.0 Å². The van der Waals surface area contributed by atoms with E-state index in [0.29, 0.717) is 0 Å². The summed E-state index contributed by atoms with van der Waals surface area (Å²) in [7, 11) is 0. The quantitative estimate of drug-likeness (QED) is 0.361.